The molecule has 3 aromatic rings. The van der Waals surface area contributed by atoms with E-state index in [1.54, 1.807) is 41.3 Å². The van der Waals surface area contributed by atoms with Gasteiger partial charge < -0.3 is 10.2 Å². The molecule has 1 aliphatic carbocycles. The summed E-state index contributed by atoms with van der Waals surface area (Å²) in [6.45, 7) is 0.263. The average molecular weight is 595 g/mol. The number of unbranched alkanes of at least 4 members (excludes halogenated alkanes) is 2. The number of carbonyl (C=O) groups is 2. The van der Waals surface area contributed by atoms with E-state index in [4.69, 9.17) is 0 Å². The molecule has 6 nitrogen and oxygen atoms in total. The molecule has 0 spiro atoms. The van der Waals surface area contributed by atoms with E-state index >= 15 is 0 Å². The first-order valence-electron chi connectivity index (χ1n) is 14.6. The van der Waals surface area contributed by atoms with Crippen LogP contribution in [0.3, 0.4) is 0 Å². The molecule has 9 heteroatoms. The lowest BCUT2D eigenvalue weighted by molar-refractivity contribution is -0.133. The van der Waals surface area contributed by atoms with E-state index in [9.17, 15) is 26.8 Å². The van der Waals surface area contributed by atoms with Gasteiger partial charge in [-0.25, -0.2) is 17.2 Å². The van der Waals surface area contributed by atoms with Crippen molar-refractivity contribution in [1.29, 1.82) is 0 Å². The Bertz CT molecular complexity index is 1480. The van der Waals surface area contributed by atoms with Crippen molar-refractivity contribution in [2.75, 3.05) is 24.6 Å². The summed E-state index contributed by atoms with van der Waals surface area (Å²) in [6, 6.07) is 19.0. The Kier molecular flexibility index (Phi) is 9.36. The molecule has 42 heavy (non-hydrogen) atoms. The molecule has 1 N–H and O–H groups in total. The fourth-order valence-corrected chi connectivity index (χ4v) is 6.93. The molecule has 0 radical (unpaired) electrons. The fourth-order valence-electron chi connectivity index (χ4n) is 5.73. The van der Waals surface area contributed by atoms with Crippen LogP contribution in [0.2, 0.25) is 0 Å². The lowest BCUT2D eigenvalue weighted by Gasteiger charge is -2.30. The number of hydrogen-bond donors (Lipinski definition) is 1. The normalized spacial score (nSPS) is 20.1. The Morgan fingerprint density at radius 3 is 2.00 bits per heavy atom. The highest BCUT2D eigenvalue weighted by atomic mass is 32.2. The number of nitrogens with zero attached hydrogens (tertiary/aromatic N) is 1. The lowest BCUT2D eigenvalue weighted by atomic mass is 10.0. The van der Waals surface area contributed by atoms with Crippen LogP contribution in [0.15, 0.2) is 72.8 Å². The SMILES string of the molecule is O=C(N[C@@H](CCCCCC1CC1c1ccc(F)cc1)C(=O)N1CCS(=O)(=O)CC1)c1ccc(-c2ccc(F)cc2)cc1. The first kappa shape index (κ1) is 29.9. The molecule has 1 heterocycles. The third-order valence-corrected chi connectivity index (χ3v) is 9.98. The summed E-state index contributed by atoms with van der Waals surface area (Å²) in [5, 5.41) is 2.90. The molecule has 3 atom stereocenters. The number of sulfone groups is 1. The van der Waals surface area contributed by atoms with Crippen LogP contribution in [-0.4, -0.2) is 55.8 Å². The maximum Gasteiger partial charge on any atom is 0.251 e. The molecule has 2 aliphatic rings. The van der Waals surface area contributed by atoms with Gasteiger partial charge in [0.05, 0.1) is 11.5 Å². The Labute approximate surface area is 246 Å². The molecule has 222 valence electrons. The van der Waals surface area contributed by atoms with Crippen LogP contribution >= 0.6 is 0 Å². The molecular weight excluding hydrogens is 558 g/mol. The predicted octanol–water partition coefficient (Wildman–Crippen LogP) is 5.74. The van der Waals surface area contributed by atoms with Crippen molar-refractivity contribution in [3.63, 3.8) is 0 Å². The average Bonchev–Trinajstić information content (AvgIpc) is 3.76. The minimum absolute atomic E-state index is 0.0686. The van der Waals surface area contributed by atoms with Crippen molar-refractivity contribution >= 4 is 21.7 Å². The molecule has 0 bridgehead atoms. The number of amides is 2. The van der Waals surface area contributed by atoms with E-state index in [-0.39, 0.29) is 48.0 Å². The maximum absolute atomic E-state index is 13.4. The third-order valence-electron chi connectivity index (χ3n) is 8.37. The van der Waals surface area contributed by atoms with Gasteiger partial charge >= 0.3 is 0 Å². The molecule has 2 fully saturated rings. The van der Waals surface area contributed by atoms with Crippen LogP contribution < -0.4 is 5.32 Å². The van der Waals surface area contributed by atoms with Gasteiger partial charge in [-0.05, 0) is 84.2 Å². The second-order valence-corrected chi connectivity index (χ2v) is 13.7. The van der Waals surface area contributed by atoms with Crippen LogP contribution in [0.4, 0.5) is 8.78 Å². The number of halogens is 2. The summed E-state index contributed by atoms with van der Waals surface area (Å²) in [5.74, 6) is -0.214. The molecule has 2 unspecified atom stereocenters. The summed E-state index contributed by atoms with van der Waals surface area (Å²) in [4.78, 5) is 28.1. The van der Waals surface area contributed by atoms with E-state index in [0.29, 0.717) is 23.8 Å². The van der Waals surface area contributed by atoms with Gasteiger partial charge in [0.2, 0.25) is 5.91 Å². The summed E-state index contributed by atoms with van der Waals surface area (Å²) >= 11 is 0. The summed E-state index contributed by atoms with van der Waals surface area (Å²) in [6.07, 6.45) is 5.31. The van der Waals surface area contributed by atoms with Gasteiger partial charge in [-0.15, -0.1) is 0 Å². The van der Waals surface area contributed by atoms with E-state index in [1.807, 2.05) is 12.1 Å². The van der Waals surface area contributed by atoms with Gasteiger partial charge in [-0.2, -0.15) is 0 Å². The highest BCUT2D eigenvalue weighted by molar-refractivity contribution is 7.91. The van der Waals surface area contributed by atoms with Crippen LogP contribution in [0.5, 0.6) is 0 Å². The molecule has 1 aliphatic heterocycles. The molecule has 1 saturated carbocycles. The van der Waals surface area contributed by atoms with Gasteiger partial charge in [-0.1, -0.05) is 55.7 Å². The summed E-state index contributed by atoms with van der Waals surface area (Å²) in [7, 11) is -3.14. The van der Waals surface area contributed by atoms with Crippen molar-refractivity contribution in [3.05, 3.63) is 95.6 Å². The highest BCUT2D eigenvalue weighted by Gasteiger charge is 2.37. The molecule has 1 saturated heterocycles. The van der Waals surface area contributed by atoms with E-state index in [1.165, 1.54) is 29.8 Å². The minimum Gasteiger partial charge on any atom is -0.340 e. The van der Waals surface area contributed by atoms with Crippen LogP contribution in [0.1, 0.15) is 60.4 Å². The van der Waals surface area contributed by atoms with Crippen molar-refractivity contribution in [3.8, 4) is 11.1 Å². The van der Waals surface area contributed by atoms with Gasteiger partial charge in [0.1, 0.15) is 17.7 Å². The largest absolute Gasteiger partial charge is 0.340 e. The fraction of sp³-hybridized carbons (Fsp3) is 0.394. The first-order chi connectivity index (χ1) is 20.2. The summed E-state index contributed by atoms with van der Waals surface area (Å²) in [5.41, 5.74) is 3.25. The number of benzene rings is 3. The maximum atomic E-state index is 13.4. The van der Waals surface area contributed by atoms with Gasteiger partial charge in [-0.3, -0.25) is 9.59 Å². The van der Waals surface area contributed by atoms with Crippen molar-refractivity contribution < 1.29 is 26.8 Å². The van der Waals surface area contributed by atoms with Crippen LogP contribution in [0, 0.1) is 17.6 Å². The topological polar surface area (TPSA) is 83.6 Å². The zero-order chi connectivity index (χ0) is 29.7. The van der Waals surface area contributed by atoms with Crippen molar-refractivity contribution in [2.45, 2.75) is 50.5 Å². The second-order valence-electron chi connectivity index (χ2n) is 11.4. The van der Waals surface area contributed by atoms with Crippen LogP contribution in [-0.2, 0) is 14.6 Å². The predicted molar refractivity (Wildman–Crippen MR) is 159 cm³/mol. The molecule has 5 rings (SSSR count). The standard InChI is InChI=1S/C33H36F2N2O4S/c34-28-14-10-24(11-15-28)23-6-8-26(9-7-23)32(38)36-31(33(39)37-18-20-42(40,41)21-19-37)5-3-1-2-4-27-22-30(27)25-12-16-29(35)17-13-25/h6-17,27,30-31H,1-5,18-22H2,(H,36,38)/t27?,30?,31-/m0/s1. The van der Waals surface area contributed by atoms with E-state index < -0.39 is 15.9 Å². The smallest absolute Gasteiger partial charge is 0.251 e. The quantitative estimate of drug-likeness (QED) is 0.287. The molecular formula is C33H36F2N2O4S. The lowest BCUT2D eigenvalue weighted by Crippen LogP contribution is -2.52. The number of nitrogens with one attached hydrogen (secondary N) is 1. The first-order valence-corrected chi connectivity index (χ1v) is 16.4. The minimum atomic E-state index is -3.14. The Hall–Kier alpha value is -3.59. The molecule has 3 aromatic carbocycles. The van der Waals surface area contributed by atoms with Gasteiger partial charge in [0, 0.05) is 18.7 Å². The van der Waals surface area contributed by atoms with E-state index in [0.717, 1.165) is 43.2 Å². The Morgan fingerprint density at radius 1 is 0.810 bits per heavy atom. The number of rotatable bonds is 11. The summed E-state index contributed by atoms with van der Waals surface area (Å²) < 4.78 is 50.2. The Morgan fingerprint density at radius 2 is 1.38 bits per heavy atom. The van der Waals surface area contributed by atoms with Crippen molar-refractivity contribution in [1.82, 2.24) is 10.2 Å². The number of hydrogen-bond acceptors (Lipinski definition) is 4. The van der Waals surface area contributed by atoms with Crippen molar-refractivity contribution in [2.24, 2.45) is 5.92 Å². The second kappa shape index (κ2) is 13.2. The van der Waals surface area contributed by atoms with Crippen LogP contribution in [0.25, 0.3) is 11.1 Å². The highest BCUT2D eigenvalue weighted by Crippen LogP contribution is 2.50. The monoisotopic (exact) mass is 594 g/mol. The van der Waals surface area contributed by atoms with Gasteiger partial charge in [0.25, 0.3) is 5.91 Å². The van der Waals surface area contributed by atoms with Gasteiger partial charge in [0.15, 0.2) is 9.84 Å². The third kappa shape index (κ3) is 7.82. The Balaban J connectivity index is 1.16. The zero-order valence-corrected chi connectivity index (χ0v) is 24.3. The van der Waals surface area contributed by atoms with E-state index in [2.05, 4.69) is 5.32 Å². The number of carbonyl (C=O) groups excluding carboxylic acids is 2. The molecule has 2 amide bonds. The molecule has 0 aromatic heterocycles. The zero-order valence-electron chi connectivity index (χ0n) is 23.5.